The van der Waals surface area contributed by atoms with Crippen molar-refractivity contribution >= 4 is 16.0 Å². The van der Waals surface area contributed by atoms with E-state index in [1.54, 1.807) is 4.68 Å². The van der Waals surface area contributed by atoms with Crippen molar-refractivity contribution in [3.63, 3.8) is 0 Å². The van der Waals surface area contributed by atoms with Gasteiger partial charge >= 0.3 is 5.97 Å². The molecule has 1 N–H and O–H groups in total. The van der Waals surface area contributed by atoms with Crippen LogP contribution in [-0.4, -0.2) is 46.7 Å². The summed E-state index contributed by atoms with van der Waals surface area (Å²) in [5.41, 5.74) is 0. The molecule has 1 atom stereocenters. The molecule has 0 spiro atoms. The molecule has 7 nitrogen and oxygen atoms in total. The van der Waals surface area contributed by atoms with Crippen LogP contribution in [0.4, 0.5) is 0 Å². The summed E-state index contributed by atoms with van der Waals surface area (Å²) >= 11 is 0. The van der Waals surface area contributed by atoms with Crippen molar-refractivity contribution in [2.45, 2.75) is 31.2 Å². The van der Waals surface area contributed by atoms with Gasteiger partial charge in [-0.05, 0) is 20.3 Å². The van der Waals surface area contributed by atoms with E-state index in [2.05, 4.69) is 5.10 Å². The van der Waals surface area contributed by atoms with Gasteiger partial charge in [0, 0.05) is 25.3 Å². The summed E-state index contributed by atoms with van der Waals surface area (Å²) in [7, 11) is -3.63. The van der Waals surface area contributed by atoms with Gasteiger partial charge in [0.25, 0.3) is 0 Å². The third kappa shape index (κ3) is 2.64. The first-order chi connectivity index (χ1) is 8.82. The quantitative estimate of drug-likeness (QED) is 0.873. The maximum Gasteiger partial charge on any atom is 0.307 e. The van der Waals surface area contributed by atoms with E-state index in [0.717, 1.165) is 0 Å². The van der Waals surface area contributed by atoms with Gasteiger partial charge in [0.1, 0.15) is 4.90 Å². The molecule has 19 heavy (non-hydrogen) atoms. The summed E-state index contributed by atoms with van der Waals surface area (Å²) in [5, 5.41) is 12.9. The lowest BCUT2D eigenvalue weighted by Crippen LogP contribution is -2.29. The van der Waals surface area contributed by atoms with Gasteiger partial charge in [-0.1, -0.05) is 0 Å². The summed E-state index contributed by atoms with van der Waals surface area (Å²) in [5.74, 6) is -1.56. The van der Waals surface area contributed by atoms with Crippen molar-refractivity contribution in [3.8, 4) is 0 Å². The molecule has 8 heteroatoms. The van der Waals surface area contributed by atoms with Crippen molar-refractivity contribution in [2.75, 3.05) is 13.1 Å². The van der Waals surface area contributed by atoms with Gasteiger partial charge in [0.15, 0.2) is 0 Å². The van der Waals surface area contributed by atoms with Crippen molar-refractivity contribution in [1.29, 1.82) is 0 Å². The number of rotatable bonds is 4. The van der Waals surface area contributed by atoms with Crippen molar-refractivity contribution in [3.05, 3.63) is 12.4 Å². The fraction of sp³-hybridized carbons (Fsp3) is 0.636. The Morgan fingerprint density at radius 1 is 1.53 bits per heavy atom. The second kappa shape index (κ2) is 4.93. The Bertz CT molecular complexity index is 579. The maximum atomic E-state index is 12.3. The van der Waals surface area contributed by atoms with Crippen LogP contribution in [-0.2, 0) is 14.8 Å². The molecule has 1 aliphatic rings. The molecule has 0 saturated carbocycles. The minimum absolute atomic E-state index is 0.0323. The topological polar surface area (TPSA) is 92.5 Å². The van der Waals surface area contributed by atoms with Crippen molar-refractivity contribution < 1.29 is 18.3 Å². The molecule has 0 radical (unpaired) electrons. The van der Waals surface area contributed by atoms with Gasteiger partial charge in [-0.15, -0.1) is 0 Å². The molecule has 106 valence electrons. The monoisotopic (exact) mass is 287 g/mol. The van der Waals surface area contributed by atoms with E-state index in [-0.39, 0.29) is 24.0 Å². The van der Waals surface area contributed by atoms with Crippen LogP contribution in [0, 0.1) is 5.92 Å². The highest BCUT2D eigenvalue weighted by Crippen LogP contribution is 2.24. The minimum Gasteiger partial charge on any atom is -0.481 e. The number of sulfonamides is 1. The second-order valence-electron chi connectivity index (χ2n) is 4.94. The van der Waals surface area contributed by atoms with Gasteiger partial charge in [-0.3, -0.25) is 9.48 Å². The highest BCUT2D eigenvalue weighted by atomic mass is 32.2. The van der Waals surface area contributed by atoms with Crippen LogP contribution < -0.4 is 0 Å². The Morgan fingerprint density at radius 2 is 2.21 bits per heavy atom. The lowest BCUT2D eigenvalue weighted by Gasteiger charge is -2.14. The molecule has 1 aromatic rings. The largest absolute Gasteiger partial charge is 0.481 e. The molecular formula is C11H17N3O4S. The van der Waals surface area contributed by atoms with Crippen LogP contribution in [0.5, 0.6) is 0 Å². The minimum atomic E-state index is -3.63. The average molecular weight is 287 g/mol. The Morgan fingerprint density at radius 3 is 2.68 bits per heavy atom. The summed E-state index contributed by atoms with van der Waals surface area (Å²) in [6, 6.07) is 0.0781. The number of nitrogens with zero attached hydrogens (tertiary/aromatic N) is 3. The molecule has 0 aliphatic carbocycles. The summed E-state index contributed by atoms with van der Waals surface area (Å²) in [4.78, 5) is 11.0. The third-order valence-corrected chi connectivity index (χ3v) is 5.06. The van der Waals surface area contributed by atoms with Gasteiger partial charge < -0.3 is 5.11 Å². The smallest absolute Gasteiger partial charge is 0.307 e. The third-order valence-electron chi connectivity index (χ3n) is 3.24. The fourth-order valence-corrected chi connectivity index (χ4v) is 3.48. The summed E-state index contributed by atoms with van der Waals surface area (Å²) < 4.78 is 27.4. The van der Waals surface area contributed by atoms with E-state index in [1.807, 2.05) is 13.8 Å². The number of hydrogen-bond donors (Lipinski definition) is 1. The highest BCUT2D eigenvalue weighted by Gasteiger charge is 2.36. The van der Waals surface area contributed by atoms with Gasteiger partial charge in [-0.2, -0.15) is 9.40 Å². The van der Waals surface area contributed by atoms with E-state index in [0.29, 0.717) is 6.42 Å². The van der Waals surface area contributed by atoms with Crippen LogP contribution in [0.1, 0.15) is 26.3 Å². The summed E-state index contributed by atoms with van der Waals surface area (Å²) in [6.07, 6.45) is 3.14. The number of aliphatic carboxylic acids is 1. The second-order valence-corrected chi connectivity index (χ2v) is 6.87. The van der Waals surface area contributed by atoms with E-state index < -0.39 is 21.9 Å². The first kappa shape index (κ1) is 14.0. The SMILES string of the molecule is CC(C)n1cc(S(=O)(=O)N2CCC(C(=O)O)C2)cn1. The van der Waals surface area contributed by atoms with E-state index >= 15 is 0 Å². The summed E-state index contributed by atoms with van der Waals surface area (Å²) in [6.45, 7) is 4.08. The first-order valence-electron chi connectivity index (χ1n) is 6.09. The fourth-order valence-electron chi connectivity index (χ4n) is 2.03. The van der Waals surface area contributed by atoms with Crippen LogP contribution in [0.2, 0.25) is 0 Å². The molecule has 2 rings (SSSR count). The lowest BCUT2D eigenvalue weighted by atomic mass is 10.1. The predicted octanol–water partition coefficient (Wildman–Crippen LogP) is 0.559. The van der Waals surface area contributed by atoms with Crippen LogP contribution >= 0.6 is 0 Å². The number of hydrogen-bond acceptors (Lipinski definition) is 4. The Kier molecular flexibility index (Phi) is 3.64. The molecule has 1 unspecified atom stereocenters. The van der Waals surface area contributed by atoms with Crippen LogP contribution in [0.25, 0.3) is 0 Å². The van der Waals surface area contributed by atoms with E-state index in [4.69, 9.17) is 5.11 Å². The molecule has 1 fully saturated rings. The van der Waals surface area contributed by atoms with Crippen molar-refractivity contribution in [2.24, 2.45) is 5.92 Å². The number of carbonyl (C=O) groups is 1. The highest BCUT2D eigenvalue weighted by molar-refractivity contribution is 7.89. The molecular weight excluding hydrogens is 270 g/mol. The van der Waals surface area contributed by atoms with E-state index in [9.17, 15) is 13.2 Å². The molecule has 2 heterocycles. The Balaban J connectivity index is 2.21. The maximum absolute atomic E-state index is 12.3. The standard InChI is InChI=1S/C11H17N3O4S/c1-8(2)14-7-10(5-12-14)19(17,18)13-4-3-9(6-13)11(15)16/h5,7-9H,3-4,6H2,1-2H3,(H,15,16). The lowest BCUT2D eigenvalue weighted by molar-refractivity contribution is -0.141. The van der Waals surface area contributed by atoms with Gasteiger partial charge in [0.05, 0.1) is 12.1 Å². The Labute approximate surface area is 111 Å². The van der Waals surface area contributed by atoms with E-state index in [1.165, 1.54) is 16.7 Å². The zero-order valence-electron chi connectivity index (χ0n) is 10.9. The molecule has 0 bridgehead atoms. The first-order valence-corrected chi connectivity index (χ1v) is 7.53. The molecule has 0 amide bonds. The zero-order valence-corrected chi connectivity index (χ0v) is 11.7. The predicted molar refractivity (Wildman–Crippen MR) is 67.1 cm³/mol. The van der Waals surface area contributed by atoms with Gasteiger partial charge in [-0.25, -0.2) is 8.42 Å². The Hall–Kier alpha value is -1.41. The van der Waals surface area contributed by atoms with Crippen LogP contribution in [0.15, 0.2) is 17.3 Å². The average Bonchev–Trinajstić information content (AvgIpc) is 2.99. The number of carboxylic acids is 1. The van der Waals surface area contributed by atoms with Gasteiger partial charge in [0.2, 0.25) is 10.0 Å². The number of aromatic nitrogens is 2. The molecule has 1 saturated heterocycles. The molecule has 1 aromatic heterocycles. The van der Waals surface area contributed by atoms with Crippen molar-refractivity contribution in [1.82, 2.24) is 14.1 Å². The van der Waals surface area contributed by atoms with Crippen LogP contribution in [0.3, 0.4) is 0 Å². The zero-order chi connectivity index (χ0) is 14.2. The molecule has 1 aliphatic heterocycles. The number of carboxylic acid groups (broad SMARTS) is 1. The normalized spacial score (nSPS) is 21.1. The molecule has 0 aromatic carbocycles.